The van der Waals surface area contributed by atoms with Crippen LogP contribution < -0.4 is 5.32 Å². The smallest absolute Gasteiger partial charge is 0.151 e. The monoisotopic (exact) mass is 361 g/mol. The molecule has 0 saturated heterocycles. The van der Waals surface area contributed by atoms with Gasteiger partial charge >= 0.3 is 0 Å². The van der Waals surface area contributed by atoms with Crippen LogP contribution in [0.2, 0.25) is 0 Å². The molecule has 0 amide bonds. The van der Waals surface area contributed by atoms with Crippen LogP contribution in [0.3, 0.4) is 0 Å². The van der Waals surface area contributed by atoms with Crippen LogP contribution in [0.25, 0.3) is 0 Å². The van der Waals surface area contributed by atoms with Gasteiger partial charge in [-0.15, -0.1) is 0 Å². The van der Waals surface area contributed by atoms with Crippen molar-refractivity contribution in [3.63, 3.8) is 0 Å². The predicted octanol–water partition coefficient (Wildman–Crippen LogP) is 3.54. The number of hydrogen-bond donors (Lipinski definition) is 1. The van der Waals surface area contributed by atoms with Crippen molar-refractivity contribution in [3.8, 4) is 0 Å². The minimum Gasteiger partial charge on any atom is -0.309 e. The van der Waals surface area contributed by atoms with E-state index in [1.165, 1.54) is 6.26 Å². The molecular formula is C15H24BrNO2S. The van der Waals surface area contributed by atoms with Gasteiger partial charge in [-0.3, -0.25) is 0 Å². The SMILES string of the molecule is CCCNC(c1cc(C)c(Br)cc1C)C(C)S(C)(=O)=O. The molecule has 114 valence electrons. The standard InChI is InChI=1S/C15H24BrNO2S/c1-6-7-17-15(12(4)20(5,18)19)13-8-11(3)14(16)9-10(13)2/h8-9,12,15,17H,6-7H2,1-5H3. The Bertz CT molecular complexity index is 569. The lowest BCUT2D eigenvalue weighted by atomic mass is 9.97. The van der Waals surface area contributed by atoms with Crippen LogP contribution in [0.1, 0.15) is 43.0 Å². The van der Waals surface area contributed by atoms with Crippen molar-refractivity contribution in [1.82, 2.24) is 5.32 Å². The molecule has 0 aliphatic rings. The van der Waals surface area contributed by atoms with Crippen LogP contribution in [-0.4, -0.2) is 26.5 Å². The van der Waals surface area contributed by atoms with Gasteiger partial charge < -0.3 is 5.32 Å². The number of sulfone groups is 1. The van der Waals surface area contributed by atoms with E-state index in [2.05, 4.69) is 40.3 Å². The van der Waals surface area contributed by atoms with Crippen LogP contribution >= 0.6 is 15.9 Å². The Morgan fingerprint density at radius 1 is 1.25 bits per heavy atom. The van der Waals surface area contributed by atoms with Crippen LogP contribution in [-0.2, 0) is 9.84 Å². The van der Waals surface area contributed by atoms with Crippen LogP contribution in [0.15, 0.2) is 16.6 Å². The highest BCUT2D eigenvalue weighted by atomic mass is 79.9. The minimum absolute atomic E-state index is 0.170. The molecule has 0 saturated carbocycles. The highest BCUT2D eigenvalue weighted by molar-refractivity contribution is 9.10. The molecule has 0 aliphatic heterocycles. The molecule has 0 aliphatic carbocycles. The van der Waals surface area contributed by atoms with Crippen molar-refractivity contribution in [1.29, 1.82) is 0 Å². The first-order chi connectivity index (χ1) is 9.18. The predicted molar refractivity (Wildman–Crippen MR) is 89.0 cm³/mol. The number of halogens is 1. The molecule has 0 radical (unpaired) electrons. The second-order valence-electron chi connectivity index (χ2n) is 5.42. The summed E-state index contributed by atoms with van der Waals surface area (Å²) in [5.74, 6) is 0. The Morgan fingerprint density at radius 3 is 2.35 bits per heavy atom. The first-order valence-electron chi connectivity index (χ1n) is 6.87. The Labute approximate surface area is 131 Å². The zero-order valence-corrected chi connectivity index (χ0v) is 15.2. The summed E-state index contributed by atoms with van der Waals surface area (Å²) in [6.07, 6.45) is 2.28. The largest absolute Gasteiger partial charge is 0.309 e. The van der Waals surface area contributed by atoms with Gasteiger partial charge in [0.15, 0.2) is 9.84 Å². The minimum atomic E-state index is -3.09. The van der Waals surface area contributed by atoms with E-state index in [-0.39, 0.29) is 6.04 Å². The Kier molecular flexibility index (Phi) is 6.23. The number of nitrogens with one attached hydrogen (secondary N) is 1. The number of hydrogen-bond acceptors (Lipinski definition) is 3. The van der Waals surface area contributed by atoms with E-state index in [1.54, 1.807) is 6.92 Å². The molecule has 1 N–H and O–H groups in total. The van der Waals surface area contributed by atoms with E-state index in [9.17, 15) is 8.42 Å². The molecule has 1 aromatic carbocycles. The average Bonchev–Trinajstić information content (AvgIpc) is 2.34. The van der Waals surface area contributed by atoms with E-state index in [0.29, 0.717) is 0 Å². The molecular weight excluding hydrogens is 338 g/mol. The lowest BCUT2D eigenvalue weighted by molar-refractivity contribution is 0.498. The summed E-state index contributed by atoms with van der Waals surface area (Å²) in [5, 5.41) is 2.93. The highest BCUT2D eigenvalue weighted by Crippen LogP contribution is 2.29. The molecule has 5 heteroatoms. The topological polar surface area (TPSA) is 46.2 Å². The van der Waals surface area contributed by atoms with Crippen LogP contribution in [0.4, 0.5) is 0 Å². The third kappa shape index (κ3) is 4.30. The first-order valence-corrected chi connectivity index (χ1v) is 9.62. The van der Waals surface area contributed by atoms with Gasteiger partial charge in [-0.1, -0.05) is 28.9 Å². The highest BCUT2D eigenvalue weighted by Gasteiger charge is 2.28. The van der Waals surface area contributed by atoms with Crippen LogP contribution in [0, 0.1) is 13.8 Å². The summed E-state index contributed by atoms with van der Waals surface area (Å²) in [6.45, 7) is 8.71. The molecule has 3 nitrogen and oxygen atoms in total. The third-order valence-corrected chi connectivity index (χ3v) is 6.12. The van der Waals surface area contributed by atoms with E-state index >= 15 is 0 Å². The number of aryl methyl sites for hydroxylation is 2. The van der Waals surface area contributed by atoms with E-state index < -0.39 is 15.1 Å². The summed E-state index contributed by atoms with van der Waals surface area (Å²) in [7, 11) is -3.09. The second kappa shape index (κ2) is 7.05. The lowest BCUT2D eigenvalue weighted by Crippen LogP contribution is -2.36. The van der Waals surface area contributed by atoms with Gasteiger partial charge in [-0.2, -0.15) is 0 Å². The summed E-state index contributed by atoms with van der Waals surface area (Å²) in [6, 6.07) is 3.96. The van der Waals surface area contributed by atoms with Gasteiger partial charge in [0.2, 0.25) is 0 Å². The van der Waals surface area contributed by atoms with Gasteiger partial charge in [0, 0.05) is 16.8 Å². The molecule has 0 spiro atoms. The molecule has 0 aromatic heterocycles. The third-order valence-electron chi connectivity index (χ3n) is 3.64. The zero-order valence-electron chi connectivity index (χ0n) is 12.8. The van der Waals surface area contributed by atoms with E-state index in [4.69, 9.17) is 0 Å². The van der Waals surface area contributed by atoms with Crippen molar-refractivity contribution in [2.75, 3.05) is 12.8 Å². The van der Waals surface area contributed by atoms with Crippen molar-refractivity contribution < 1.29 is 8.42 Å². The Morgan fingerprint density at radius 2 is 1.85 bits per heavy atom. The number of benzene rings is 1. The first kappa shape index (κ1) is 17.7. The maximum absolute atomic E-state index is 11.9. The maximum atomic E-state index is 11.9. The molecule has 0 fully saturated rings. The van der Waals surface area contributed by atoms with Gasteiger partial charge in [0.25, 0.3) is 0 Å². The molecule has 0 heterocycles. The second-order valence-corrected chi connectivity index (χ2v) is 8.68. The Balaban J connectivity index is 3.27. The summed E-state index contributed by atoms with van der Waals surface area (Å²) in [4.78, 5) is 0. The molecule has 2 unspecified atom stereocenters. The van der Waals surface area contributed by atoms with E-state index in [0.717, 1.165) is 34.1 Å². The van der Waals surface area contributed by atoms with Crippen molar-refractivity contribution in [2.45, 2.75) is 45.4 Å². The fraction of sp³-hybridized carbons (Fsp3) is 0.600. The lowest BCUT2D eigenvalue weighted by Gasteiger charge is -2.26. The molecule has 20 heavy (non-hydrogen) atoms. The van der Waals surface area contributed by atoms with Crippen molar-refractivity contribution in [3.05, 3.63) is 33.3 Å². The van der Waals surface area contributed by atoms with Gasteiger partial charge in [0.1, 0.15) is 0 Å². The maximum Gasteiger partial charge on any atom is 0.151 e. The fourth-order valence-corrected chi connectivity index (χ4v) is 3.41. The summed E-state index contributed by atoms with van der Waals surface area (Å²) >= 11 is 3.52. The molecule has 1 rings (SSSR count). The Hall–Kier alpha value is -0.390. The van der Waals surface area contributed by atoms with Crippen molar-refractivity contribution >= 4 is 25.8 Å². The van der Waals surface area contributed by atoms with Crippen LogP contribution in [0.5, 0.6) is 0 Å². The summed E-state index contributed by atoms with van der Waals surface area (Å²) < 4.78 is 24.9. The number of rotatable bonds is 6. The quantitative estimate of drug-likeness (QED) is 0.842. The van der Waals surface area contributed by atoms with E-state index in [1.807, 2.05) is 13.8 Å². The van der Waals surface area contributed by atoms with Gasteiger partial charge in [-0.05, 0) is 56.5 Å². The molecule has 0 bridgehead atoms. The van der Waals surface area contributed by atoms with Gasteiger partial charge in [0.05, 0.1) is 5.25 Å². The average molecular weight is 362 g/mol. The molecule has 2 atom stereocenters. The fourth-order valence-electron chi connectivity index (χ4n) is 2.21. The normalized spacial score (nSPS) is 15.1. The molecule has 1 aromatic rings. The van der Waals surface area contributed by atoms with Gasteiger partial charge in [-0.25, -0.2) is 8.42 Å². The van der Waals surface area contributed by atoms with Crippen molar-refractivity contribution in [2.24, 2.45) is 0 Å². The zero-order chi connectivity index (χ0) is 15.5. The summed E-state index contributed by atoms with van der Waals surface area (Å²) in [5.41, 5.74) is 3.29.